The van der Waals surface area contributed by atoms with Crippen LogP contribution in [0.3, 0.4) is 0 Å². The summed E-state index contributed by atoms with van der Waals surface area (Å²) in [5.74, 6) is 0.473. The van der Waals surface area contributed by atoms with Crippen LogP contribution in [0.1, 0.15) is 23.7 Å². The van der Waals surface area contributed by atoms with Crippen molar-refractivity contribution in [2.75, 3.05) is 11.9 Å². The largest absolute Gasteiger partial charge is 0.362 e. The fourth-order valence-electron chi connectivity index (χ4n) is 2.12. The summed E-state index contributed by atoms with van der Waals surface area (Å²) in [7, 11) is 1.82. The molecule has 0 aliphatic carbocycles. The lowest BCUT2D eigenvalue weighted by molar-refractivity contribution is 0.873. The molecule has 0 fully saturated rings. The summed E-state index contributed by atoms with van der Waals surface area (Å²) in [4.78, 5) is 16.5. The van der Waals surface area contributed by atoms with E-state index in [-0.39, 0.29) is 10.7 Å². The Morgan fingerprint density at radius 2 is 2.33 bits per heavy atom. The molecule has 2 heterocycles. The normalized spacial score (nSPS) is 9.95. The van der Waals surface area contributed by atoms with Gasteiger partial charge in [-0.1, -0.05) is 18.5 Å². The molecule has 0 spiro atoms. The van der Waals surface area contributed by atoms with Crippen LogP contribution in [0, 0.1) is 17.9 Å². The number of halogens is 1. The lowest BCUT2D eigenvalue weighted by Gasteiger charge is -2.21. The predicted molar refractivity (Wildman–Crippen MR) is 80.3 cm³/mol. The first-order valence-electron chi connectivity index (χ1n) is 6.30. The molecule has 0 saturated carbocycles. The Bertz CT molecular complexity index is 723. The first-order chi connectivity index (χ1) is 10.1. The molecule has 0 aromatic carbocycles. The summed E-state index contributed by atoms with van der Waals surface area (Å²) in [5, 5.41) is 9.32. The second-order valence-electron chi connectivity index (χ2n) is 4.44. The van der Waals surface area contributed by atoms with E-state index in [0.717, 1.165) is 5.69 Å². The van der Waals surface area contributed by atoms with E-state index >= 15 is 0 Å². The number of rotatable bonds is 4. The molecule has 0 bridgehead atoms. The third kappa shape index (κ3) is 2.81. The fourth-order valence-corrected chi connectivity index (χ4v) is 2.36. The molecular formula is C14H13ClN6. The topological polar surface area (TPSA) is 73.0 Å². The van der Waals surface area contributed by atoms with Crippen molar-refractivity contribution in [3.63, 3.8) is 0 Å². The number of hydrogen-bond donors (Lipinski definition) is 1. The minimum absolute atomic E-state index is 0.133. The van der Waals surface area contributed by atoms with Crippen LogP contribution in [0.2, 0.25) is 5.15 Å². The molecule has 106 valence electrons. The van der Waals surface area contributed by atoms with E-state index in [4.69, 9.17) is 18.2 Å². The second kappa shape index (κ2) is 6.25. The van der Waals surface area contributed by atoms with Gasteiger partial charge in [-0.3, -0.25) is 0 Å². The van der Waals surface area contributed by atoms with Crippen molar-refractivity contribution in [1.29, 1.82) is 5.26 Å². The highest BCUT2D eigenvalue weighted by Gasteiger charge is 2.20. The van der Waals surface area contributed by atoms with Crippen molar-refractivity contribution in [3.8, 4) is 6.07 Å². The maximum Gasteiger partial charge on any atom is 0.232 e. The Morgan fingerprint density at radius 3 is 2.86 bits per heavy atom. The highest BCUT2D eigenvalue weighted by atomic mass is 35.5. The molecule has 0 aliphatic heterocycles. The number of nitriles is 1. The maximum atomic E-state index is 9.18. The van der Waals surface area contributed by atoms with Crippen LogP contribution in [0.5, 0.6) is 0 Å². The van der Waals surface area contributed by atoms with Crippen LogP contribution < -0.4 is 4.90 Å². The molecule has 0 atom stereocenters. The van der Waals surface area contributed by atoms with E-state index in [0.29, 0.717) is 30.0 Å². The SMILES string of the molecule is [C-]#[N+]c1c(N(C)Cc2cnc[nH]2)nc(Cl)c(C#N)c1CC. The molecule has 0 saturated heterocycles. The van der Waals surface area contributed by atoms with E-state index < -0.39 is 0 Å². The van der Waals surface area contributed by atoms with Crippen LogP contribution in [0.25, 0.3) is 4.85 Å². The molecule has 7 heteroatoms. The van der Waals surface area contributed by atoms with E-state index in [2.05, 4.69) is 19.8 Å². The van der Waals surface area contributed by atoms with Gasteiger partial charge in [0.2, 0.25) is 5.69 Å². The summed E-state index contributed by atoms with van der Waals surface area (Å²) < 4.78 is 0. The number of nitrogens with zero attached hydrogens (tertiary/aromatic N) is 5. The van der Waals surface area contributed by atoms with Gasteiger partial charge < -0.3 is 9.88 Å². The van der Waals surface area contributed by atoms with Gasteiger partial charge in [0.1, 0.15) is 17.0 Å². The van der Waals surface area contributed by atoms with E-state index in [9.17, 15) is 5.26 Å². The smallest absolute Gasteiger partial charge is 0.232 e. The number of aromatic nitrogens is 3. The Morgan fingerprint density at radius 1 is 1.57 bits per heavy atom. The summed E-state index contributed by atoms with van der Waals surface area (Å²) >= 11 is 6.09. The molecule has 2 rings (SSSR count). The zero-order valence-corrected chi connectivity index (χ0v) is 12.4. The standard InChI is InChI=1S/C14H13ClN6/c1-4-10-11(5-16)13(15)20-14(12(10)17-2)21(3)7-9-6-18-8-19-9/h6,8H,4,7H2,1,3H3,(H,18,19). The van der Waals surface area contributed by atoms with Crippen molar-refractivity contribution in [2.45, 2.75) is 19.9 Å². The molecule has 2 aromatic rings. The lowest BCUT2D eigenvalue weighted by atomic mass is 10.1. The van der Waals surface area contributed by atoms with Crippen LogP contribution >= 0.6 is 11.6 Å². The number of aromatic amines is 1. The number of nitrogens with one attached hydrogen (secondary N) is 1. The van der Waals surface area contributed by atoms with Gasteiger partial charge in [0.25, 0.3) is 0 Å². The van der Waals surface area contributed by atoms with Crippen molar-refractivity contribution >= 4 is 23.1 Å². The Hall–Kier alpha value is -2.57. The molecule has 0 amide bonds. The summed E-state index contributed by atoms with van der Waals surface area (Å²) in [6, 6.07) is 2.03. The van der Waals surface area contributed by atoms with Gasteiger partial charge in [0.05, 0.1) is 30.7 Å². The number of anilines is 1. The van der Waals surface area contributed by atoms with Crippen molar-refractivity contribution in [3.05, 3.63) is 45.9 Å². The molecular weight excluding hydrogens is 288 g/mol. The van der Waals surface area contributed by atoms with Crippen LogP contribution in [0.4, 0.5) is 11.5 Å². The molecule has 0 radical (unpaired) electrons. The summed E-state index contributed by atoms with van der Waals surface area (Å²) in [6.45, 7) is 9.80. The number of pyridine rings is 1. The van der Waals surface area contributed by atoms with Gasteiger partial charge in [-0.05, 0) is 12.0 Å². The maximum absolute atomic E-state index is 9.18. The monoisotopic (exact) mass is 300 g/mol. The summed E-state index contributed by atoms with van der Waals surface area (Å²) in [5.41, 5.74) is 2.19. The van der Waals surface area contributed by atoms with Crippen molar-refractivity contribution < 1.29 is 0 Å². The highest BCUT2D eigenvalue weighted by Crippen LogP contribution is 2.36. The minimum atomic E-state index is 0.133. The average Bonchev–Trinajstić information content (AvgIpc) is 2.98. The molecule has 2 aromatic heterocycles. The van der Waals surface area contributed by atoms with Gasteiger partial charge >= 0.3 is 0 Å². The van der Waals surface area contributed by atoms with Gasteiger partial charge in [0.15, 0.2) is 0 Å². The number of H-pyrrole nitrogens is 1. The number of hydrogen-bond acceptors (Lipinski definition) is 4. The molecule has 1 N–H and O–H groups in total. The van der Waals surface area contributed by atoms with Crippen LogP contribution in [-0.4, -0.2) is 22.0 Å². The van der Waals surface area contributed by atoms with Gasteiger partial charge in [-0.25, -0.2) is 14.8 Å². The third-order valence-electron chi connectivity index (χ3n) is 3.11. The molecule has 6 nitrogen and oxygen atoms in total. The Balaban J connectivity index is 2.51. The van der Waals surface area contributed by atoms with Gasteiger partial charge in [0, 0.05) is 13.2 Å². The van der Waals surface area contributed by atoms with Gasteiger partial charge in [-0.15, -0.1) is 0 Å². The fraction of sp³-hybridized carbons (Fsp3) is 0.286. The van der Waals surface area contributed by atoms with Crippen molar-refractivity contribution in [1.82, 2.24) is 15.0 Å². The quantitative estimate of drug-likeness (QED) is 0.695. The number of imidazole rings is 1. The third-order valence-corrected chi connectivity index (χ3v) is 3.38. The Kier molecular flexibility index (Phi) is 4.42. The highest BCUT2D eigenvalue weighted by molar-refractivity contribution is 6.31. The van der Waals surface area contributed by atoms with Gasteiger partial charge in [-0.2, -0.15) is 5.26 Å². The van der Waals surface area contributed by atoms with E-state index in [1.165, 1.54) is 0 Å². The van der Waals surface area contributed by atoms with E-state index in [1.54, 1.807) is 12.5 Å². The molecule has 0 unspecified atom stereocenters. The summed E-state index contributed by atoms with van der Waals surface area (Å²) in [6.07, 6.45) is 3.85. The first-order valence-corrected chi connectivity index (χ1v) is 6.68. The second-order valence-corrected chi connectivity index (χ2v) is 4.80. The van der Waals surface area contributed by atoms with Crippen LogP contribution in [-0.2, 0) is 13.0 Å². The zero-order valence-electron chi connectivity index (χ0n) is 11.7. The van der Waals surface area contributed by atoms with E-state index in [1.807, 2.05) is 24.9 Å². The van der Waals surface area contributed by atoms with Crippen molar-refractivity contribution in [2.24, 2.45) is 0 Å². The molecule has 21 heavy (non-hydrogen) atoms. The predicted octanol–water partition coefficient (Wildman–Crippen LogP) is 3.08. The van der Waals surface area contributed by atoms with Crippen LogP contribution in [0.15, 0.2) is 12.5 Å². The first kappa shape index (κ1) is 14.8. The average molecular weight is 301 g/mol. The Labute approximate surface area is 127 Å². The zero-order chi connectivity index (χ0) is 15.4. The lowest BCUT2D eigenvalue weighted by Crippen LogP contribution is -2.19. The molecule has 0 aliphatic rings. The minimum Gasteiger partial charge on any atom is -0.362 e.